The summed E-state index contributed by atoms with van der Waals surface area (Å²) in [6.07, 6.45) is 7.69. The molecule has 3 rings (SSSR count). The van der Waals surface area contributed by atoms with Gasteiger partial charge in [-0.25, -0.2) is 0 Å². The van der Waals surface area contributed by atoms with Gasteiger partial charge in [0.1, 0.15) is 0 Å². The van der Waals surface area contributed by atoms with Gasteiger partial charge in [-0.3, -0.25) is 4.79 Å². The van der Waals surface area contributed by atoms with Gasteiger partial charge in [-0.1, -0.05) is 30.3 Å². The molecule has 0 aromatic heterocycles. The first-order valence-electron chi connectivity index (χ1n) is 10.4. The predicted octanol–water partition coefficient (Wildman–Crippen LogP) is 4.91. The Morgan fingerprint density at radius 1 is 0.933 bits per heavy atom. The van der Waals surface area contributed by atoms with Crippen LogP contribution in [0.3, 0.4) is 0 Å². The second-order valence-electron chi connectivity index (χ2n) is 7.66. The van der Waals surface area contributed by atoms with Crippen LogP contribution in [-0.4, -0.2) is 45.2 Å². The normalized spacial score (nSPS) is 18.8. The third-order valence-electron chi connectivity index (χ3n) is 5.97. The first-order chi connectivity index (χ1) is 14.6. The highest BCUT2D eigenvalue weighted by atomic mass is 16.5. The van der Waals surface area contributed by atoms with Crippen LogP contribution in [0.5, 0.6) is 17.2 Å². The first kappa shape index (κ1) is 21.8. The van der Waals surface area contributed by atoms with E-state index in [0.717, 1.165) is 31.2 Å². The SMILES string of the molecule is COc1cc(/C=C/C(=O)N(C)C2CCC(c3ccccc3)CC2)cc(OC)c1OC. The van der Waals surface area contributed by atoms with Crippen molar-refractivity contribution in [2.24, 2.45) is 0 Å². The van der Waals surface area contributed by atoms with Crippen molar-refractivity contribution < 1.29 is 19.0 Å². The van der Waals surface area contributed by atoms with E-state index in [1.54, 1.807) is 33.5 Å². The second-order valence-corrected chi connectivity index (χ2v) is 7.66. The molecule has 0 radical (unpaired) electrons. The van der Waals surface area contributed by atoms with Crippen LogP contribution in [0.4, 0.5) is 0 Å². The molecule has 0 bridgehead atoms. The number of rotatable bonds is 7. The Hall–Kier alpha value is -2.95. The molecule has 0 atom stereocenters. The van der Waals surface area contributed by atoms with Gasteiger partial charge in [0.15, 0.2) is 11.5 Å². The molecular formula is C25H31NO4. The minimum absolute atomic E-state index is 0.00640. The smallest absolute Gasteiger partial charge is 0.246 e. The van der Waals surface area contributed by atoms with Gasteiger partial charge in [-0.05, 0) is 60.9 Å². The van der Waals surface area contributed by atoms with Crippen LogP contribution in [0.2, 0.25) is 0 Å². The quantitative estimate of drug-likeness (QED) is 0.610. The van der Waals surface area contributed by atoms with Gasteiger partial charge in [-0.15, -0.1) is 0 Å². The molecule has 1 amide bonds. The molecule has 5 nitrogen and oxygen atoms in total. The number of amides is 1. The van der Waals surface area contributed by atoms with Crippen LogP contribution >= 0.6 is 0 Å². The molecule has 30 heavy (non-hydrogen) atoms. The molecule has 0 spiro atoms. The highest BCUT2D eigenvalue weighted by molar-refractivity contribution is 5.92. The highest BCUT2D eigenvalue weighted by Gasteiger charge is 2.26. The maximum atomic E-state index is 12.8. The van der Waals surface area contributed by atoms with E-state index >= 15 is 0 Å². The fourth-order valence-corrected chi connectivity index (χ4v) is 4.18. The Balaban J connectivity index is 1.63. The van der Waals surface area contributed by atoms with E-state index in [-0.39, 0.29) is 11.9 Å². The van der Waals surface area contributed by atoms with E-state index in [4.69, 9.17) is 14.2 Å². The highest BCUT2D eigenvalue weighted by Crippen LogP contribution is 2.38. The van der Waals surface area contributed by atoms with Gasteiger partial charge in [0.25, 0.3) is 0 Å². The maximum Gasteiger partial charge on any atom is 0.246 e. The summed E-state index contributed by atoms with van der Waals surface area (Å²) in [5.74, 6) is 2.27. The number of methoxy groups -OCH3 is 3. The zero-order valence-corrected chi connectivity index (χ0v) is 18.3. The lowest BCUT2D eigenvalue weighted by molar-refractivity contribution is -0.127. The molecule has 0 unspecified atom stereocenters. The molecular weight excluding hydrogens is 378 g/mol. The fraction of sp³-hybridized carbons (Fsp3) is 0.400. The molecule has 0 N–H and O–H groups in total. The summed E-state index contributed by atoms with van der Waals surface area (Å²) in [5.41, 5.74) is 2.23. The molecule has 0 saturated heterocycles. The number of hydrogen-bond donors (Lipinski definition) is 0. The van der Waals surface area contributed by atoms with Gasteiger partial charge in [0.2, 0.25) is 11.7 Å². The van der Waals surface area contributed by atoms with Crippen molar-refractivity contribution in [2.45, 2.75) is 37.6 Å². The molecule has 2 aromatic rings. The van der Waals surface area contributed by atoms with Crippen LogP contribution in [0.1, 0.15) is 42.7 Å². The predicted molar refractivity (Wildman–Crippen MR) is 119 cm³/mol. The zero-order valence-electron chi connectivity index (χ0n) is 18.3. The average Bonchev–Trinajstić information content (AvgIpc) is 2.81. The second kappa shape index (κ2) is 10.2. The third kappa shape index (κ3) is 4.96. The van der Waals surface area contributed by atoms with Crippen molar-refractivity contribution in [1.82, 2.24) is 4.90 Å². The monoisotopic (exact) mass is 409 g/mol. The molecule has 160 valence electrons. The summed E-state index contributed by atoms with van der Waals surface area (Å²) in [6, 6.07) is 14.6. The van der Waals surface area contributed by atoms with Crippen molar-refractivity contribution in [2.75, 3.05) is 28.4 Å². The molecule has 5 heteroatoms. The minimum atomic E-state index is 0.00640. The standard InChI is InChI=1S/C25H31NO4/c1-26(21-13-11-20(12-14-21)19-8-6-5-7-9-19)24(27)15-10-18-16-22(28-2)25(30-4)23(17-18)29-3/h5-10,15-17,20-21H,11-14H2,1-4H3/b15-10+. The fourth-order valence-electron chi connectivity index (χ4n) is 4.18. The number of benzene rings is 2. The van der Waals surface area contributed by atoms with Crippen LogP contribution in [0.25, 0.3) is 6.08 Å². The lowest BCUT2D eigenvalue weighted by Gasteiger charge is -2.34. The van der Waals surface area contributed by atoms with Gasteiger partial charge in [0.05, 0.1) is 21.3 Å². The Bertz CT molecular complexity index is 845. The summed E-state index contributed by atoms with van der Waals surface area (Å²) >= 11 is 0. The Kier molecular flexibility index (Phi) is 7.39. The van der Waals surface area contributed by atoms with Crippen molar-refractivity contribution in [3.05, 3.63) is 59.7 Å². The van der Waals surface area contributed by atoms with Gasteiger partial charge in [0, 0.05) is 19.2 Å². The van der Waals surface area contributed by atoms with Gasteiger partial charge < -0.3 is 19.1 Å². The van der Waals surface area contributed by atoms with Crippen LogP contribution in [0.15, 0.2) is 48.5 Å². The summed E-state index contributed by atoms with van der Waals surface area (Å²) in [5, 5.41) is 0. The van der Waals surface area contributed by atoms with Crippen molar-refractivity contribution in [3.63, 3.8) is 0 Å². The lowest BCUT2D eigenvalue weighted by atomic mass is 9.81. The summed E-state index contributed by atoms with van der Waals surface area (Å²) in [7, 11) is 6.63. The van der Waals surface area contributed by atoms with E-state index in [9.17, 15) is 4.79 Å². The van der Waals surface area contributed by atoms with E-state index < -0.39 is 0 Å². The van der Waals surface area contributed by atoms with Crippen LogP contribution in [0, 0.1) is 0 Å². The van der Waals surface area contributed by atoms with E-state index in [1.807, 2.05) is 24.1 Å². The van der Waals surface area contributed by atoms with Crippen molar-refractivity contribution in [3.8, 4) is 17.2 Å². The lowest BCUT2D eigenvalue weighted by Crippen LogP contribution is -2.38. The number of hydrogen-bond acceptors (Lipinski definition) is 4. The number of carbonyl (C=O) groups is 1. The van der Waals surface area contributed by atoms with Gasteiger partial charge >= 0.3 is 0 Å². The van der Waals surface area contributed by atoms with Crippen LogP contribution < -0.4 is 14.2 Å². The number of nitrogens with zero attached hydrogens (tertiary/aromatic N) is 1. The Morgan fingerprint density at radius 2 is 1.53 bits per heavy atom. The summed E-state index contributed by atoms with van der Waals surface area (Å²) < 4.78 is 16.1. The molecule has 0 aliphatic heterocycles. The van der Waals surface area contributed by atoms with E-state index in [0.29, 0.717) is 23.2 Å². The van der Waals surface area contributed by atoms with Crippen molar-refractivity contribution in [1.29, 1.82) is 0 Å². The Labute approximate surface area is 179 Å². The molecule has 1 aliphatic carbocycles. The van der Waals surface area contributed by atoms with Gasteiger partial charge in [-0.2, -0.15) is 0 Å². The minimum Gasteiger partial charge on any atom is -0.493 e. The molecule has 1 fully saturated rings. The molecule has 2 aromatic carbocycles. The summed E-state index contributed by atoms with van der Waals surface area (Å²) in [4.78, 5) is 14.6. The van der Waals surface area contributed by atoms with E-state index in [1.165, 1.54) is 5.56 Å². The first-order valence-corrected chi connectivity index (χ1v) is 10.4. The largest absolute Gasteiger partial charge is 0.493 e. The topological polar surface area (TPSA) is 48.0 Å². The van der Waals surface area contributed by atoms with E-state index in [2.05, 4.69) is 30.3 Å². The maximum absolute atomic E-state index is 12.8. The van der Waals surface area contributed by atoms with Crippen molar-refractivity contribution >= 4 is 12.0 Å². The molecule has 1 aliphatic rings. The molecule has 1 saturated carbocycles. The molecule has 0 heterocycles. The third-order valence-corrected chi connectivity index (χ3v) is 5.97. The zero-order chi connectivity index (χ0) is 21.5. The number of ether oxygens (including phenoxy) is 3. The number of likely N-dealkylation sites (N-methyl/N-ethyl adjacent to an activating group) is 1. The van der Waals surface area contributed by atoms with Crippen LogP contribution in [-0.2, 0) is 4.79 Å². The summed E-state index contributed by atoms with van der Waals surface area (Å²) in [6.45, 7) is 0. The number of carbonyl (C=O) groups excluding carboxylic acids is 1. The Morgan fingerprint density at radius 3 is 2.07 bits per heavy atom. The average molecular weight is 410 g/mol.